The van der Waals surface area contributed by atoms with Gasteiger partial charge in [0.1, 0.15) is 0 Å². The molecule has 2 aromatic rings. The van der Waals surface area contributed by atoms with Gasteiger partial charge in [0.15, 0.2) is 18.1 Å². The predicted octanol–water partition coefficient (Wildman–Crippen LogP) is 3.37. The van der Waals surface area contributed by atoms with Gasteiger partial charge >= 0.3 is 5.97 Å². The molecule has 0 bridgehead atoms. The van der Waals surface area contributed by atoms with E-state index in [-0.39, 0.29) is 25.0 Å². The number of amides is 1. The largest absolute Gasteiger partial charge is 0.493 e. The molecule has 0 saturated heterocycles. The first-order chi connectivity index (χ1) is 13.5. The van der Waals surface area contributed by atoms with Crippen LogP contribution in [0.15, 0.2) is 42.5 Å². The highest BCUT2D eigenvalue weighted by Gasteiger charge is 2.15. The van der Waals surface area contributed by atoms with Crippen LogP contribution >= 0.6 is 0 Å². The minimum atomic E-state index is -0.481. The van der Waals surface area contributed by atoms with Crippen LogP contribution in [-0.2, 0) is 20.7 Å². The van der Waals surface area contributed by atoms with Gasteiger partial charge in [-0.05, 0) is 36.6 Å². The molecule has 0 aliphatic heterocycles. The van der Waals surface area contributed by atoms with Gasteiger partial charge in [-0.1, -0.05) is 42.8 Å². The lowest BCUT2D eigenvalue weighted by molar-refractivity contribution is -0.148. The van der Waals surface area contributed by atoms with Crippen LogP contribution in [0.1, 0.15) is 36.1 Å². The molecule has 0 heterocycles. The van der Waals surface area contributed by atoms with Crippen molar-refractivity contribution in [2.75, 3.05) is 20.8 Å². The summed E-state index contributed by atoms with van der Waals surface area (Å²) in [6, 6.07) is 13.1. The van der Waals surface area contributed by atoms with E-state index < -0.39 is 5.97 Å². The van der Waals surface area contributed by atoms with Crippen LogP contribution in [0.2, 0.25) is 0 Å². The number of esters is 1. The van der Waals surface area contributed by atoms with Crippen LogP contribution in [0.25, 0.3) is 0 Å². The molecule has 0 radical (unpaired) electrons. The number of rotatable bonds is 9. The van der Waals surface area contributed by atoms with Crippen molar-refractivity contribution in [2.24, 2.45) is 0 Å². The lowest BCUT2D eigenvalue weighted by Crippen LogP contribution is -2.32. The van der Waals surface area contributed by atoms with Gasteiger partial charge in [0, 0.05) is 0 Å². The number of hydrogen-bond donors (Lipinski definition) is 1. The van der Waals surface area contributed by atoms with Crippen molar-refractivity contribution in [3.63, 3.8) is 0 Å². The van der Waals surface area contributed by atoms with Gasteiger partial charge in [0.25, 0.3) is 5.91 Å². The minimum Gasteiger partial charge on any atom is -0.493 e. The third kappa shape index (κ3) is 6.01. The number of methoxy groups -OCH3 is 2. The molecule has 1 atom stereocenters. The Morgan fingerprint density at radius 3 is 2.29 bits per heavy atom. The van der Waals surface area contributed by atoms with Crippen LogP contribution < -0.4 is 14.8 Å². The Hall–Kier alpha value is -3.02. The van der Waals surface area contributed by atoms with Gasteiger partial charge in [-0.3, -0.25) is 9.59 Å². The molecule has 0 unspecified atom stereocenters. The molecular weight excluding hydrogens is 358 g/mol. The summed E-state index contributed by atoms with van der Waals surface area (Å²) in [7, 11) is 3.08. The molecule has 1 N–H and O–H groups in total. The fraction of sp³-hybridized carbons (Fsp3) is 0.364. The van der Waals surface area contributed by atoms with Gasteiger partial charge in [0.05, 0.1) is 26.7 Å². The maximum absolute atomic E-state index is 12.2. The molecule has 0 fully saturated rings. The highest BCUT2D eigenvalue weighted by Crippen LogP contribution is 2.27. The summed E-state index contributed by atoms with van der Waals surface area (Å²) < 4.78 is 15.5. The van der Waals surface area contributed by atoms with E-state index in [0.717, 1.165) is 17.5 Å². The number of benzene rings is 2. The van der Waals surface area contributed by atoms with Crippen LogP contribution in [0.4, 0.5) is 0 Å². The zero-order valence-electron chi connectivity index (χ0n) is 16.8. The summed E-state index contributed by atoms with van der Waals surface area (Å²) in [5.74, 6) is 0.314. The van der Waals surface area contributed by atoms with Crippen molar-refractivity contribution in [1.29, 1.82) is 0 Å². The quantitative estimate of drug-likeness (QED) is 0.670. The van der Waals surface area contributed by atoms with E-state index in [2.05, 4.69) is 5.32 Å². The smallest absolute Gasteiger partial charge is 0.310 e. The number of hydrogen-bond acceptors (Lipinski definition) is 5. The first-order valence-corrected chi connectivity index (χ1v) is 9.19. The molecule has 28 heavy (non-hydrogen) atoms. The van der Waals surface area contributed by atoms with E-state index in [1.54, 1.807) is 25.3 Å². The van der Waals surface area contributed by atoms with Gasteiger partial charge in [0.2, 0.25) is 0 Å². The summed E-state index contributed by atoms with van der Waals surface area (Å²) in [6.45, 7) is 3.70. The van der Waals surface area contributed by atoms with E-state index in [4.69, 9.17) is 14.2 Å². The van der Waals surface area contributed by atoms with Crippen molar-refractivity contribution in [3.05, 3.63) is 59.2 Å². The van der Waals surface area contributed by atoms with Gasteiger partial charge in [-0.15, -0.1) is 0 Å². The minimum absolute atomic E-state index is 0.0444. The molecule has 6 nitrogen and oxygen atoms in total. The monoisotopic (exact) mass is 385 g/mol. The number of aryl methyl sites for hydroxylation is 1. The zero-order valence-corrected chi connectivity index (χ0v) is 16.8. The number of carbonyl (C=O) groups excluding carboxylic acids is 2. The second kappa shape index (κ2) is 10.3. The third-order valence-corrected chi connectivity index (χ3v) is 4.38. The topological polar surface area (TPSA) is 73.9 Å². The molecule has 0 aliphatic carbocycles. The lowest BCUT2D eigenvalue weighted by atomic mass is 10.0. The van der Waals surface area contributed by atoms with Crippen molar-refractivity contribution in [3.8, 4) is 11.5 Å². The van der Waals surface area contributed by atoms with E-state index >= 15 is 0 Å². The van der Waals surface area contributed by atoms with Crippen molar-refractivity contribution in [1.82, 2.24) is 5.32 Å². The molecule has 0 aromatic heterocycles. The Bertz CT molecular complexity index is 801. The van der Waals surface area contributed by atoms with Crippen molar-refractivity contribution in [2.45, 2.75) is 32.7 Å². The lowest BCUT2D eigenvalue weighted by Gasteiger charge is -2.17. The molecule has 0 aliphatic rings. The fourth-order valence-electron chi connectivity index (χ4n) is 2.81. The van der Waals surface area contributed by atoms with Crippen LogP contribution in [-0.4, -0.2) is 32.7 Å². The Morgan fingerprint density at radius 2 is 1.68 bits per heavy atom. The zero-order chi connectivity index (χ0) is 20.5. The Kier molecular flexibility index (Phi) is 7.87. The van der Waals surface area contributed by atoms with Crippen LogP contribution in [0.3, 0.4) is 0 Å². The number of ether oxygens (including phenoxy) is 3. The molecule has 0 spiro atoms. The summed E-state index contributed by atoms with van der Waals surface area (Å²) in [5, 5.41) is 2.90. The van der Waals surface area contributed by atoms with Gasteiger partial charge < -0.3 is 19.5 Å². The fourth-order valence-corrected chi connectivity index (χ4v) is 2.81. The number of nitrogens with one attached hydrogen (secondary N) is 1. The third-order valence-electron chi connectivity index (χ3n) is 4.38. The van der Waals surface area contributed by atoms with Crippen molar-refractivity contribution >= 4 is 11.9 Å². The molecule has 150 valence electrons. The highest BCUT2D eigenvalue weighted by molar-refractivity contribution is 5.81. The van der Waals surface area contributed by atoms with E-state index in [9.17, 15) is 9.59 Å². The van der Waals surface area contributed by atoms with Crippen molar-refractivity contribution < 1.29 is 23.8 Å². The summed E-state index contributed by atoms with van der Waals surface area (Å²) in [4.78, 5) is 24.2. The Labute approximate surface area is 165 Å². The SMILES string of the molecule is CC[C@H](NC(=O)COC(=O)Cc1ccc(OC)c(OC)c1)c1ccc(C)cc1. The Balaban J connectivity index is 1.86. The normalized spacial score (nSPS) is 11.4. The van der Waals surface area contributed by atoms with Crippen LogP contribution in [0, 0.1) is 6.92 Å². The second-order valence-corrected chi connectivity index (χ2v) is 6.47. The average molecular weight is 385 g/mol. The first-order valence-electron chi connectivity index (χ1n) is 9.19. The Morgan fingerprint density at radius 1 is 1.00 bits per heavy atom. The van der Waals surface area contributed by atoms with Crippen LogP contribution in [0.5, 0.6) is 11.5 Å². The second-order valence-electron chi connectivity index (χ2n) is 6.47. The first kappa shape index (κ1) is 21.3. The molecule has 2 rings (SSSR count). The van der Waals surface area contributed by atoms with E-state index in [1.165, 1.54) is 7.11 Å². The molecule has 1 amide bonds. The van der Waals surface area contributed by atoms with Gasteiger partial charge in [-0.2, -0.15) is 0 Å². The van der Waals surface area contributed by atoms with Gasteiger partial charge in [-0.25, -0.2) is 0 Å². The molecular formula is C22H27NO5. The summed E-state index contributed by atoms with van der Waals surface area (Å²) >= 11 is 0. The predicted molar refractivity (Wildman–Crippen MR) is 107 cm³/mol. The summed E-state index contributed by atoms with van der Waals surface area (Å²) in [6.07, 6.45) is 0.789. The average Bonchev–Trinajstić information content (AvgIpc) is 2.71. The molecule has 0 saturated carbocycles. The summed E-state index contributed by atoms with van der Waals surface area (Å²) in [5.41, 5.74) is 2.90. The standard InChI is InChI=1S/C22H27NO5/c1-5-18(17-9-6-15(2)7-10-17)23-21(24)14-28-22(25)13-16-8-11-19(26-3)20(12-16)27-4/h6-12,18H,5,13-14H2,1-4H3,(H,23,24)/t18-/m0/s1. The number of carbonyl (C=O) groups is 2. The maximum atomic E-state index is 12.2. The molecule has 6 heteroatoms. The molecule has 2 aromatic carbocycles. The van der Waals surface area contributed by atoms with E-state index in [0.29, 0.717) is 17.1 Å². The maximum Gasteiger partial charge on any atom is 0.310 e. The van der Waals surface area contributed by atoms with E-state index in [1.807, 2.05) is 38.1 Å². The highest BCUT2D eigenvalue weighted by atomic mass is 16.5.